The van der Waals surface area contributed by atoms with Crippen molar-refractivity contribution in [1.29, 1.82) is 0 Å². The van der Waals surface area contributed by atoms with Gasteiger partial charge in [0.25, 0.3) is 0 Å². The van der Waals surface area contributed by atoms with Crippen molar-refractivity contribution in [2.24, 2.45) is 0 Å². The summed E-state index contributed by atoms with van der Waals surface area (Å²) in [5.41, 5.74) is 1.22. The van der Waals surface area contributed by atoms with E-state index < -0.39 is 5.97 Å². The van der Waals surface area contributed by atoms with E-state index >= 15 is 0 Å². The predicted octanol–water partition coefficient (Wildman–Crippen LogP) is 2.50. The normalized spacial score (nSPS) is 12.3. The van der Waals surface area contributed by atoms with Gasteiger partial charge in [-0.2, -0.15) is 0 Å². The van der Waals surface area contributed by atoms with Crippen molar-refractivity contribution >= 4 is 5.97 Å². The Labute approximate surface area is 96.1 Å². The first-order chi connectivity index (χ1) is 7.72. The molecular weight excluding hydrogens is 204 g/mol. The van der Waals surface area contributed by atoms with Crippen LogP contribution in [0.25, 0.3) is 0 Å². The van der Waals surface area contributed by atoms with Crippen LogP contribution in [0, 0.1) is 0 Å². The molecule has 0 aliphatic carbocycles. The molecule has 0 aliphatic rings. The summed E-state index contributed by atoms with van der Waals surface area (Å²) in [5, 5.41) is 8.65. The van der Waals surface area contributed by atoms with Crippen LogP contribution in [-0.2, 0) is 16.0 Å². The molecule has 0 bridgehead atoms. The molecule has 0 saturated heterocycles. The first-order valence-corrected chi connectivity index (χ1v) is 5.59. The fraction of sp³-hybridized carbons (Fsp3) is 0.462. The maximum atomic E-state index is 10.5. The second-order valence-corrected chi connectivity index (χ2v) is 3.73. The van der Waals surface area contributed by atoms with Crippen molar-refractivity contribution in [3.05, 3.63) is 35.9 Å². The Kier molecular flexibility index (Phi) is 5.57. The van der Waals surface area contributed by atoms with Gasteiger partial charge in [0.05, 0.1) is 19.1 Å². The van der Waals surface area contributed by atoms with Crippen molar-refractivity contribution < 1.29 is 14.6 Å². The minimum absolute atomic E-state index is 0.0886. The Balaban J connectivity index is 2.26. The van der Waals surface area contributed by atoms with Crippen LogP contribution in [0.1, 0.15) is 25.3 Å². The highest BCUT2D eigenvalue weighted by Gasteiger charge is 2.10. The van der Waals surface area contributed by atoms with Gasteiger partial charge in [0.2, 0.25) is 0 Å². The Hall–Kier alpha value is -1.35. The molecule has 16 heavy (non-hydrogen) atoms. The molecule has 1 unspecified atom stereocenters. The summed E-state index contributed by atoms with van der Waals surface area (Å²) in [6.07, 6.45) is 1.49. The number of carboxylic acid groups (broad SMARTS) is 1. The summed E-state index contributed by atoms with van der Waals surface area (Å²) in [4.78, 5) is 10.5. The largest absolute Gasteiger partial charge is 0.481 e. The number of hydrogen-bond acceptors (Lipinski definition) is 2. The lowest BCUT2D eigenvalue weighted by Gasteiger charge is -2.13. The van der Waals surface area contributed by atoms with Gasteiger partial charge < -0.3 is 9.84 Å². The number of carboxylic acids is 1. The third kappa shape index (κ3) is 4.94. The monoisotopic (exact) mass is 222 g/mol. The first kappa shape index (κ1) is 12.7. The highest BCUT2D eigenvalue weighted by molar-refractivity contribution is 5.67. The average molecular weight is 222 g/mol. The molecule has 88 valence electrons. The number of benzene rings is 1. The number of aliphatic carboxylic acids is 1. The van der Waals surface area contributed by atoms with Crippen molar-refractivity contribution in [2.45, 2.75) is 32.3 Å². The van der Waals surface area contributed by atoms with E-state index in [9.17, 15) is 4.79 Å². The second-order valence-electron chi connectivity index (χ2n) is 3.73. The first-order valence-electron chi connectivity index (χ1n) is 5.59. The summed E-state index contributed by atoms with van der Waals surface area (Å²) in [7, 11) is 0. The van der Waals surface area contributed by atoms with E-state index in [1.807, 2.05) is 37.3 Å². The van der Waals surface area contributed by atoms with Gasteiger partial charge in [0.1, 0.15) is 0 Å². The highest BCUT2D eigenvalue weighted by Crippen LogP contribution is 2.06. The smallest absolute Gasteiger partial charge is 0.305 e. The van der Waals surface area contributed by atoms with Gasteiger partial charge >= 0.3 is 5.97 Å². The number of carbonyl (C=O) groups is 1. The fourth-order valence-corrected chi connectivity index (χ4v) is 1.50. The Bertz CT molecular complexity index is 308. The van der Waals surface area contributed by atoms with Crippen LogP contribution >= 0.6 is 0 Å². The number of hydrogen-bond donors (Lipinski definition) is 1. The van der Waals surface area contributed by atoms with Gasteiger partial charge in [-0.05, 0) is 18.4 Å². The van der Waals surface area contributed by atoms with Crippen LogP contribution in [0.3, 0.4) is 0 Å². The zero-order chi connectivity index (χ0) is 11.8. The highest BCUT2D eigenvalue weighted by atomic mass is 16.5. The Morgan fingerprint density at radius 2 is 2.06 bits per heavy atom. The van der Waals surface area contributed by atoms with E-state index in [0.717, 1.165) is 12.8 Å². The maximum Gasteiger partial charge on any atom is 0.305 e. The van der Waals surface area contributed by atoms with Gasteiger partial charge in [-0.15, -0.1) is 0 Å². The zero-order valence-electron chi connectivity index (χ0n) is 9.56. The summed E-state index contributed by atoms with van der Waals surface area (Å²) >= 11 is 0. The lowest BCUT2D eigenvalue weighted by molar-refractivity contribution is -0.140. The summed E-state index contributed by atoms with van der Waals surface area (Å²) in [6, 6.07) is 10.0. The van der Waals surface area contributed by atoms with E-state index in [4.69, 9.17) is 9.84 Å². The molecule has 1 aromatic carbocycles. The minimum Gasteiger partial charge on any atom is -0.481 e. The van der Waals surface area contributed by atoms with E-state index in [1.165, 1.54) is 5.56 Å². The van der Waals surface area contributed by atoms with Gasteiger partial charge in [-0.3, -0.25) is 4.79 Å². The molecule has 3 nitrogen and oxygen atoms in total. The van der Waals surface area contributed by atoms with Crippen LogP contribution in [0.15, 0.2) is 30.3 Å². The minimum atomic E-state index is -0.799. The third-order valence-corrected chi connectivity index (χ3v) is 2.44. The van der Waals surface area contributed by atoms with Crippen molar-refractivity contribution in [1.82, 2.24) is 0 Å². The lowest BCUT2D eigenvalue weighted by atomic mass is 10.1. The zero-order valence-corrected chi connectivity index (χ0v) is 9.56. The van der Waals surface area contributed by atoms with Crippen LogP contribution in [0.5, 0.6) is 0 Å². The van der Waals surface area contributed by atoms with Crippen LogP contribution in [0.2, 0.25) is 0 Å². The molecule has 0 amide bonds. The summed E-state index contributed by atoms with van der Waals surface area (Å²) in [5.74, 6) is -0.799. The topological polar surface area (TPSA) is 46.5 Å². The predicted molar refractivity (Wildman–Crippen MR) is 62.4 cm³/mol. The molecule has 1 atom stereocenters. The molecule has 0 aromatic heterocycles. The Morgan fingerprint density at radius 3 is 2.62 bits per heavy atom. The molecule has 1 rings (SSSR count). The van der Waals surface area contributed by atoms with Crippen molar-refractivity contribution in [3.8, 4) is 0 Å². The Morgan fingerprint density at radius 1 is 1.38 bits per heavy atom. The van der Waals surface area contributed by atoms with Gasteiger partial charge in [-0.25, -0.2) is 0 Å². The van der Waals surface area contributed by atoms with Gasteiger partial charge in [-0.1, -0.05) is 37.3 Å². The molecule has 0 saturated carbocycles. The molecule has 0 spiro atoms. The maximum absolute atomic E-state index is 10.5. The van der Waals surface area contributed by atoms with E-state index in [-0.39, 0.29) is 12.5 Å². The van der Waals surface area contributed by atoms with Gasteiger partial charge in [0.15, 0.2) is 0 Å². The SMILES string of the molecule is CCC(CC(=O)O)OCCc1ccccc1. The molecule has 1 N–H and O–H groups in total. The number of rotatable bonds is 7. The summed E-state index contributed by atoms with van der Waals surface area (Å²) in [6.45, 7) is 2.52. The standard InChI is InChI=1S/C13H18O3/c1-2-12(10-13(14)15)16-9-8-11-6-4-3-5-7-11/h3-7,12H,2,8-10H2,1H3,(H,14,15). The van der Waals surface area contributed by atoms with E-state index in [2.05, 4.69) is 0 Å². The molecule has 0 radical (unpaired) electrons. The van der Waals surface area contributed by atoms with Crippen LogP contribution in [0.4, 0.5) is 0 Å². The van der Waals surface area contributed by atoms with Crippen molar-refractivity contribution in [2.75, 3.05) is 6.61 Å². The second kappa shape index (κ2) is 7.01. The van der Waals surface area contributed by atoms with Crippen LogP contribution in [-0.4, -0.2) is 23.8 Å². The quantitative estimate of drug-likeness (QED) is 0.771. The molecular formula is C13H18O3. The molecule has 1 aromatic rings. The van der Waals surface area contributed by atoms with Crippen LogP contribution < -0.4 is 0 Å². The van der Waals surface area contributed by atoms with E-state index in [0.29, 0.717) is 6.61 Å². The average Bonchev–Trinajstić information content (AvgIpc) is 2.28. The third-order valence-electron chi connectivity index (χ3n) is 2.44. The summed E-state index contributed by atoms with van der Waals surface area (Å²) < 4.78 is 5.53. The molecule has 0 aliphatic heterocycles. The molecule has 0 heterocycles. The van der Waals surface area contributed by atoms with Crippen molar-refractivity contribution in [3.63, 3.8) is 0 Å². The molecule has 0 fully saturated rings. The number of ether oxygens (including phenoxy) is 1. The molecule has 3 heteroatoms. The lowest BCUT2D eigenvalue weighted by Crippen LogP contribution is -2.18. The fourth-order valence-electron chi connectivity index (χ4n) is 1.50. The van der Waals surface area contributed by atoms with E-state index in [1.54, 1.807) is 0 Å². The van der Waals surface area contributed by atoms with Gasteiger partial charge in [0, 0.05) is 0 Å².